The summed E-state index contributed by atoms with van der Waals surface area (Å²) < 4.78 is 1.15. The van der Waals surface area contributed by atoms with Crippen LogP contribution >= 0.6 is 22.9 Å². The Morgan fingerprint density at radius 3 is 2.35 bits per heavy atom. The van der Waals surface area contributed by atoms with Crippen LogP contribution in [0.25, 0.3) is 10.2 Å². The second-order valence-corrected chi connectivity index (χ2v) is 8.42. The first kappa shape index (κ1) is 18.9. The number of carbonyl (C=O) groups is 1. The average Bonchev–Trinajstić information content (AvgIpc) is 3.06. The van der Waals surface area contributed by atoms with Gasteiger partial charge in [0, 0.05) is 12.1 Å². The van der Waals surface area contributed by atoms with Gasteiger partial charge in [-0.3, -0.25) is 4.79 Å². The van der Waals surface area contributed by atoms with Gasteiger partial charge in [-0.25, -0.2) is 4.98 Å². The van der Waals surface area contributed by atoms with Crippen LogP contribution in [0.2, 0.25) is 5.02 Å². The van der Waals surface area contributed by atoms with E-state index in [1.807, 2.05) is 61.3 Å². The van der Waals surface area contributed by atoms with E-state index in [0.29, 0.717) is 5.02 Å². The van der Waals surface area contributed by atoms with Crippen LogP contribution in [-0.2, 0) is 4.79 Å². The Bertz CT molecular complexity index is 871. The van der Waals surface area contributed by atoms with Gasteiger partial charge in [0.2, 0.25) is 5.91 Å². The molecule has 0 aliphatic rings. The highest BCUT2D eigenvalue weighted by Gasteiger charge is 2.30. The molecule has 3 nitrogen and oxygen atoms in total. The third kappa shape index (κ3) is 3.76. The van der Waals surface area contributed by atoms with Gasteiger partial charge < -0.3 is 4.90 Å². The maximum atomic E-state index is 13.3. The molecule has 0 saturated carbocycles. The first-order valence-electron chi connectivity index (χ1n) is 8.76. The zero-order valence-corrected chi connectivity index (χ0v) is 17.0. The highest BCUT2D eigenvalue weighted by Crippen LogP contribution is 2.33. The lowest BCUT2D eigenvalue weighted by Gasteiger charge is -2.30. The highest BCUT2D eigenvalue weighted by atomic mass is 35.5. The summed E-state index contributed by atoms with van der Waals surface area (Å²) in [6.07, 6.45) is 0. The summed E-state index contributed by atoms with van der Waals surface area (Å²) in [5, 5.41) is 1.64. The Hall–Kier alpha value is -1.91. The van der Waals surface area contributed by atoms with Crippen molar-refractivity contribution in [3.05, 3.63) is 64.1 Å². The zero-order valence-electron chi connectivity index (χ0n) is 15.4. The molecular weight excluding hydrogens is 364 g/mol. The monoisotopic (exact) mass is 386 g/mol. The van der Waals surface area contributed by atoms with Crippen LogP contribution in [0.4, 0.5) is 0 Å². The lowest BCUT2D eigenvalue weighted by atomic mass is 9.87. The van der Waals surface area contributed by atoms with E-state index < -0.39 is 0 Å². The quantitative estimate of drug-likeness (QED) is 0.546. The molecule has 1 amide bonds. The molecule has 0 bridgehead atoms. The topological polar surface area (TPSA) is 33.2 Å². The number of rotatable bonds is 5. The van der Waals surface area contributed by atoms with Crippen molar-refractivity contribution in [2.24, 2.45) is 5.92 Å². The Morgan fingerprint density at radius 2 is 1.73 bits per heavy atom. The van der Waals surface area contributed by atoms with E-state index in [0.717, 1.165) is 20.8 Å². The fourth-order valence-corrected chi connectivity index (χ4v) is 4.32. The Balaban J connectivity index is 1.87. The third-order valence-electron chi connectivity index (χ3n) is 4.76. The molecule has 0 aliphatic heterocycles. The van der Waals surface area contributed by atoms with E-state index in [9.17, 15) is 4.79 Å². The Morgan fingerprint density at radius 1 is 1.08 bits per heavy atom. The number of likely N-dealkylation sites (N-methyl/N-ethyl adjacent to an activating group) is 1. The second-order valence-electron chi connectivity index (χ2n) is 6.92. The first-order valence-corrected chi connectivity index (χ1v) is 9.95. The van der Waals surface area contributed by atoms with E-state index >= 15 is 0 Å². The van der Waals surface area contributed by atoms with Crippen molar-refractivity contribution in [2.75, 3.05) is 7.05 Å². The standard InChI is InChI=1S/C21H23ClN2OS/c1-13(2)19(15-9-11-16(22)12-10-15)21(25)24(4)14(3)20-23-17-7-5-6-8-18(17)26-20/h5-14,19H,1-4H3/t14-,19+/m0/s1. The van der Waals surface area contributed by atoms with E-state index in [-0.39, 0.29) is 23.8 Å². The van der Waals surface area contributed by atoms with E-state index in [1.54, 1.807) is 11.3 Å². The third-order valence-corrected chi connectivity index (χ3v) is 6.22. The summed E-state index contributed by atoms with van der Waals surface area (Å²) in [7, 11) is 1.87. The van der Waals surface area contributed by atoms with Crippen LogP contribution < -0.4 is 0 Å². The van der Waals surface area contributed by atoms with Crippen LogP contribution in [-0.4, -0.2) is 22.8 Å². The van der Waals surface area contributed by atoms with Crippen molar-refractivity contribution >= 4 is 39.1 Å². The number of nitrogens with zero attached hydrogens (tertiary/aromatic N) is 2. The molecule has 5 heteroatoms. The number of carbonyl (C=O) groups excluding carboxylic acids is 1. The van der Waals surface area contributed by atoms with Crippen LogP contribution in [0.1, 0.15) is 43.3 Å². The average molecular weight is 387 g/mol. The van der Waals surface area contributed by atoms with Crippen LogP contribution in [0.15, 0.2) is 48.5 Å². The summed E-state index contributed by atoms with van der Waals surface area (Å²) in [5.41, 5.74) is 1.98. The Labute approximate surface area is 163 Å². The normalized spacial score (nSPS) is 13.8. The molecule has 0 saturated heterocycles. The van der Waals surface area contributed by atoms with Gasteiger partial charge in [-0.05, 0) is 42.7 Å². The zero-order chi connectivity index (χ0) is 18.8. The summed E-state index contributed by atoms with van der Waals surface area (Å²) in [5.74, 6) is 0.0943. The van der Waals surface area contributed by atoms with E-state index in [1.165, 1.54) is 0 Å². The molecule has 0 radical (unpaired) electrons. The lowest BCUT2D eigenvalue weighted by molar-refractivity contribution is -0.134. The molecule has 0 aliphatic carbocycles. The summed E-state index contributed by atoms with van der Waals surface area (Å²) >= 11 is 7.65. The predicted molar refractivity (Wildman–Crippen MR) is 110 cm³/mol. The maximum Gasteiger partial charge on any atom is 0.230 e. The lowest BCUT2D eigenvalue weighted by Crippen LogP contribution is -2.35. The van der Waals surface area contributed by atoms with Gasteiger partial charge in [0.25, 0.3) is 0 Å². The minimum atomic E-state index is -0.200. The van der Waals surface area contributed by atoms with Gasteiger partial charge in [-0.1, -0.05) is 49.7 Å². The van der Waals surface area contributed by atoms with Crippen LogP contribution in [0.5, 0.6) is 0 Å². The van der Waals surface area contributed by atoms with Gasteiger partial charge in [-0.15, -0.1) is 11.3 Å². The highest BCUT2D eigenvalue weighted by molar-refractivity contribution is 7.18. The number of amides is 1. The molecule has 0 unspecified atom stereocenters. The number of benzene rings is 2. The molecule has 26 heavy (non-hydrogen) atoms. The Kier molecular flexibility index (Phi) is 5.64. The fourth-order valence-electron chi connectivity index (χ4n) is 3.13. The molecule has 0 fully saturated rings. The maximum absolute atomic E-state index is 13.3. The number of halogens is 1. The molecular formula is C21H23ClN2OS. The van der Waals surface area contributed by atoms with Crippen molar-refractivity contribution in [3.8, 4) is 0 Å². The summed E-state index contributed by atoms with van der Waals surface area (Å²) in [6, 6.07) is 15.6. The first-order chi connectivity index (χ1) is 12.4. The van der Waals surface area contributed by atoms with E-state index in [2.05, 4.69) is 19.9 Å². The molecule has 2 aromatic carbocycles. The van der Waals surface area contributed by atoms with Gasteiger partial charge >= 0.3 is 0 Å². The molecule has 0 spiro atoms. The predicted octanol–water partition coefficient (Wildman–Crippen LogP) is 5.91. The molecule has 2 atom stereocenters. The minimum absolute atomic E-state index is 0.0755. The number of aromatic nitrogens is 1. The number of thiazole rings is 1. The van der Waals surface area contributed by atoms with Gasteiger partial charge in [0.15, 0.2) is 0 Å². The van der Waals surface area contributed by atoms with Gasteiger partial charge in [0.1, 0.15) is 5.01 Å². The summed E-state index contributed by atoms with van der Waals surface area (Å²) in [6.45, 7) is 6.19. The minimum Gasteiger partial charge on any atom is -0.336 e. The van der Waals surface area contributed by atoms with Crippen LogP contribution in [0, 0.1) is 5.92 Å². The molecule has 1 aromatic heterocycles. The SMILES string of the molecule is CC(C)[C@@H](C(=O)N(C)[C@@H](C)c1nc2ccccc2s1)c1ccc(Cl)cc1. The second kappa shape index (κ2) is 7.77. The van der Waals surface area contributed by atoms with Crippen molar-refractivity contribution in [3.63, 3.8) is 0 Å². The number of fused-ring (bicyclic) bond motifs is 1. The molecule has 1 heterocycles. The number of hydrogen-bond acceptors (Lipinski definition) is 3. The smallest absolute Gasteiger partial charge is 0.230 e. The van der Waals surface area contributed by atoms with E-state index in [4.69, 9.17) is 16.6 Å². The van der Waals surface area contributed by atoms with Crippen molar-refractivity contribution in [2.45, 2.75) is 32.7 Å². The molecule has 3 rings (SSSR count). The molecule has 136 valence electrons. The fraction of sp³-hybridized carbons (Fsp3) is 0.333. The van der Waals surface area contributed by atoms with Crippen LogP contribution in [0.3, 0.4) is 0 Å². The largest absolute Gasteiger partial charge is 0.336 e. The van der Waals surface area contributed by atoms with Crippen molar-refractivity contribution in [1.82, 2.24) is 9.88 Å². The number of para-hydroxylation sites is 1. The molecule has 3 aromatic rings. The summed E-state index contributed by atoms with van der Waals surface area (Å²) in [4.78, 5) is 19.8. The molecule has 0 N–H and O–H groups in total. The van der Waals surface area contributed by atoms with Crippen molar-refractivity contribution < 1.29 is 4.79 Å². The van der Waals surface area contributed by atoms with Crippen molar-refractivity contribution in [1.29, 1.82) is 0 Å². The van der Waals surface area contributed by atoms with Gasteiger partial charge in [0.05, 0.1) is 22.2 Å². The number of hydrogen-bond donors (Lipinski definition) is 0. The van der Waals surface area contributed by atoms with Gasteiger partial charge in [-0.2, -0.15) is 0 Å².